The summed E-state index contributed by atoms with van der Waals surface area (Å²) in [6.45, 7) is 0.0160. The number of hydrogen-bond donors (Lipinski definition) is 3. The molecule has 0 atom stereocenters. The maximum absolute atomic E-state index is 9.01. The van der Waals surface area contributed by atoms with Gasteiger partial charge in [-0.3, -0.25) is 0 Å². The van der Waals surface area contributed by atoms with Crippen LogP contribution in [0.5, 0.6) is 0 Å². The molecular weight excluding hydrogens is 228 g/mol. The van der Waals surface area contributed by atoms with E-state index in [9.17, 15) is 0 Å². The van der Waals surface area contributed by atoms with Gasteiger partial charge in [0.2, 0.25) is 0 Å². The van der Waals surface area contributed by atoms with Crippen LogP contribution in [0.15, 0.2) is 53.7 Å². The van der Waals surface area contributed by atoms with Gasteiger partial charge < -0.3 is 16.0 Å². The Kier molecular flexibility index (Phi) is 3.60. The molecule has 0 amide bonds. The molecule has 18 heavy (non-hydrogen) atoms. The normalized spacial score (nSPS) is 11.5. The predicted molar refractivity (Wildman–Crippen MR) is 70.3 cm³/mol. The highest BCUT2D eigenvalue weighted by atomic mass is 16.4. The first-order valence-electron chi connectivity index (χ1n) is 5.53. The van der Waals surface area contributed by atoms with Crippen molar-refractivity contribution < 1.29 is 10.3 Å². The summed E-state index contributed by atoms with van der Waals surface area (Å²) in [5.74, 6) is 0.0804. The molecule has 2 aromatic carbocycles. The van der Waals surface area contributed by atoms with Crippen molar-refractivity contribution in [3.05, 3.63) is 59.7 Å². The quantitative estimate of drug-likeness (QED) is 0.333. The molecule has 0 aliphatic heterocycles. The Bertz CT molecular complexity index is 562. The third-order valence-electron chi connectivity index (χ3n) is 2.76. The monoisotopic (exact) mass is 242 g/mol. The minimum absolute atomic E-state index is 0.0160. The molecule has 0 saturated heterocycles. The highest BCUT2D eigenvalue weighted by Gasteiger charge is 2.08. The van der Waals surface area contributed by atoms with Crippen LogP contribution >= 0.6 is 0 Å². The third-order valence-corrected chi connectivity index (χ3v) is 2.76. The van der Waals surface area contributed by atoms with Crippen LogP contribution in [0, 0.1) is 0 Å². The van der Waals surface area contributed by atoms with E-state index in [1.54, 1.807) is 6.07 Å². The number of aliphatic hydroxyl groups is 1. The Morgan fingerprint density at radius 1 is 1.06 bits per heavy atom. The fourth-order valence-corrected chi connectivity index (χ4v) is 1.80. The summed E-state index contributed by atoms with van der Waals surface area (Å²) in [7, 11) is 0. The second-order valence-electron chi connectivity index (χ2n) is 3.89. The number of benzene rings is 2. The van der Waals surface area contributed by atoms with Crippen LogP contribution in [0.2, 0.25) is 0 Å². The van der Waals surface area contributed by atoms with E-state index < -0.39 is 0 Å². The Balaban J connectivity index is 2.49. The lowest BCUT2D eigenvalue weighted by molar-refractivity contribution is 0.282. The van der Waals surface area contributed by atoms with Gasteiger partial charge in [-0.15, -0.1) is 0 Å². The predicted octanol–water partition coefficient (Wildman–Crippen LogP) is 1.94. The van der Waals surface area contributed by atoms with Gasteiger partial charge in [0.05, 0.1) is 6.61 Å². The SMILES string of the molecule is N/C(=N\O)c1ccccc1-c1ccc(CO)cc1. The fourth-order valence-electron chi connectivity index (χ4n) is 1.80. The Labute approximate surface area is 105 Å². The van der Waals surface area contributed by atoms with E-state index in [2.05, 4.69) is 5.16 Å². The van der Waals surface area contributed by atoms with Gasteiger partial charge in [-0.25, -0.2) is 0 Å². The zero-order chi connectivity index (χ0) is 13.0. The van der Waals surface area contributed by atoms with Gasteiger partial charge >= 0.3 is 0 Å². The van der Waals surface area contributed by atoms with Gasteiger partial charge in [0.15, 0.2) is 5.84 Å². The Morgan fingerprint density at radius 2 is 1.72 bits per heavy atom. The molecular formula is C14H14N2O2. The lowest BCUT2D eigenvalue weighted by Gasteiger charge is -2.08. The summed E-state index contributed by atoms with van der Waals surface area (Å²) < 4.78 is 0. The molecule has 0 radical (unpaired) electrons. The molecule has 92 valence electrons. The van der Waals surface area contributed by atoms with E-state index in [0.717, 1.165) is 16.7 Å². The van der Waals surface area contributed by atoms with E-state index >= 15 is 0 Å². The molecule has 0 fully saturated rings. The molecule has 2 rings (SSSR count). The van der Waals surface area contributed by atoms with E-state index in [0.29, 0.717) is 5.56 Å². The van der Waals surface area contributed by atoms with Crippen LogP contribution in [0.4, 0.5) is 0 Å². The lowest BCUT2D eigenvalue weighted by Crippen LogP contribution is -2.14. The van der Waals surface area contributed by atoms with Crippen molar-refractivity contribution in [3.8, 4) is 11.1 Å². The van der Waals surface area contributed by atoms with E-state index in [-0.39, 0.29) is 12.4 Å². The Hall–Kier alpha value is -2.33. The maximum Gasteiger partial charge on any atom is 0.170 e. The number of rotatable bonds is 3. The molecule has 4 heteroatoms. The van der Waals surface area contributed by atoms with Crippen LogP contribution < -0.4 is 5.73 Å². The van der Waals surface area contributed by atoms with Crippen LogP contribution in [0.3, 0.4) is 0 Å². The van der Waals surface area contributed by atoms with Crippen LogP contribution in [0.25, 0.3) is 11.1 Å². The first-order chi connectivity index (χ1) is 8.76. The van der Waals surface area contributed by atoms with Crippen molar-refractivity contribution in [2.24, 2.45) is 10.9 Å². The van der Waals surface area contributed by atoms with Crippen molar-refractivity contribution in [1.82, 2.24) is 0 Å². The summed E-state index contributed by atoms with van der Waals surface area (Å²) in [6.07, 6.45) is 0. The molecule has 0 aliphatic carbocycles. The van der Waals surface area contributed by atoms with Crippen molar-refractivity contribution in [3.63, 3.8) is 0 Å². The maximum atomic E-state index is 9.01. The molecule has 0 heterocycles. The van der Waals surface area contributed by atoms with Crippen LogP contribution in [0.1, 0.15) is 11.1 Å². The van der Waals surface area contributed by atoms with Crippen LogP contribution in [-0.4, -0.2) is 16.1 Å². The van der Waals surface area contributed by atoms with Gasteiger partial charge in [-0.05, 0) is 16.7 Å². The van der Waals surface area contributed by atoms with Crippen molar-refractivity contribution >= 4 is 5.84 Å². The van der Waals surface area contributed by atoms with Gasteiger partial charge in [0.25, 0.3) is 0 Å². The summed E-state index contributed by atoms with van der Waals surface area (Å²) in [5, 5.41) is 20.8. The third kappa shape index (κ3) is 2.33. The average molecular weight is 242 g/mol. The largest absolute Gasteiger partial charge is 0.409 e. The van der Waals surface area contributed by atoms with Gasteiger partial charge in [0.1, 0.15) is 0 Å². The van der Waals surface area contributed by atoms with E-state index in [1.165, 1.54) is 0 Å². The lowest BCUT2D eigenvalue weighted by atomic mass is 9.98. The van der Waals surface area contributed by atoms with Gasteiger partial charge in [-0.2, -0.15) is 0 Å². The molecule has 0 saturated carbocycles. The molecule has 0 aliphatic rings. The van der Waals surface area contributed by atoms with Crippen molar-refractivity contribution in [1.29, 1.82) is 0 Å². The minimum atomic E-state index is 0.0160. The molecule has 0 unspecified atom stereocenters. The summed E-state index contributed by atoms with van der Waals surface area (Å²) in [4.78, 5) is 0. The number of oxime groups is 1. The molecule has 4 N–H and O–H groups in total. The molecule has 0 aromatic heterocycles. The second-order valence-corrected chi connectivity index (χ2v) is 3.89. The number of amidine groups is 1. The smallest absolute Gasteiger partial charge is 0.170 e. The number of nitrogens with zero attached hydrogens (tertiary/aromatic N) is 1. The van der Waals surface area contributed by atoms with Gasteiger partial charge in [0, 0.05) is 5.56 Å². The molecule has 4 nitrogen and oxygen atoms in total. The number of nitrogens with two attached hydrogens (primary N) is 1. The fraction of sp³-hybridized carbons (Fsp3) is 0.0714. The highest BCUT2D eigenvalue weighted by molar-refractivity contribution is 6.03. The zero-order valence-electron chi connectivity index (χ0n) is 9.74. The molecule has 2 aromatic rings. The second kappa shape index (κ2) is 5.33. The van der Waals surface area contributed by atoms with Gasteiger partial charge in [-0.1, -0.05) is 53.7 Å². The average Bonchev–Trinajstić information content (AvgIpc) is 2.46. The standard InChI is InChI=1S/C14H14N2O2/c15-14(16-18)13-4-2-1-3-12(13)11-7-5-10(9-17)6-8-11/h1-8,17-18H,9H2,(H2,15,16). The summed E-state index contributed by atoms with van der Waals surface area (Å²) in [5.41, 5.74) is 9.01. The first-order valence-corrected chi connectivity index (χ1v) is 5.53. The zero-order valence-corrected chi connectivity index (χ0v) is 9.74. The topological polar surface area (TPSA) is 78.8 Å². The number of aliphatic hydroxyl groups excluding tert-OH is 1. The minimum Gasteiger partial charge on any atom is -0.409 e. The van der Waals surface area contributed by atoms with E-state index in [4.69, 9.17) is 16.0 Å². The van der Waals surface area contributed by atoms with Crippen LogP contribution in [-0.2, 0) is 6.61 Å². The summed E-state index contributed by atoms with van der Waals surface area (Å²) >= 11 is 0. The van der Waals surface area contributed by atoms with Crippen molar-refractivity contribution in [2.45, 2.75) is 6.61 Å². The first kappa shape index (κ1) is 12.1. The van der Waals surface area contributed by atoms with Crippen molar-refractivity contribution in [2.75, 3.05) is 0 Å². The highest BCUT2D eigenvalue weighted by Crippen LogP contribution is 2.23. The summed E-state index contributed by atoms with van der Waals surface area (Å²) in [6, 6.07) is 14.9. The van der Waals surface area contributed by atoms with E-state index in [1.807, 2.05) is 42.5 Å². The molecule has 0 bridgehead atoms. The Morgan fingerprint density at radius 3 is 2.33 bits per heavy atom. The number of hydrogen-bond acceptors (Lipinski definition) is 3. The molecule has 0 spiro atoms.